The molecule has 3 unspecified atom stereocenters. The van der Waals surface area contributed by atoms with Crippen molar-refractivity contribution in [3.8, 4) is 0 Å². The van der Waals surface area contributed by atoms with Crippen molar-refractivity contribution in [2.45, 2.75) is 24.9 Å². The van der Waals surface area contributed by atoms with Crippen LogP contribution in [0.4, 0.5) is 4.39 Å². The second kappa shape index (κ2) is 4.44. The highest BCUT2D eigenvalue weighted by Gasteiger charge is 2.40. The number of piperidine rings is 1. The van der Waals surface area contributed by atoms with Crippen LogP contribution in [0.2, 0.25) is 5.15 Å². The predicted molar refractivity (Wildman–Crippen MR) is 62.8 cm³/mol. The molecule has 1 aromatic rings. The van der Waals surface area contributed by atoms with E-state index in [0.29, 0.717) is 12.0 Å². The van der Waals surface area contributed by atoms with Crippen molar-refractivity contribution >= 4 is 17.5 Å². The Kier molecular flexibility index (Phi) is 2.91. The van der Waals surface area contributed by atoms with Crippen LogP contribution in [0.1, 0.15) is 23.5 Å². The van der Waals surface area contributed by atoms with Crippen LogP contribution in [-0.2, 0) is 0 Å². The Morgan fingerprint density at radius 3 is 3.00 bits per heavy atom. The Labute approximate surface area is 108 Å². The molecule has 5 nitrogen and oxygen atoms in total. The van der Waals surface area contributed by atoms with E-state index < -0.39 is 11.7 Å². The van der Waals surface area contributed by atoms with Gasteiger partial charge in [0.25, 0.3) is 5.91 Å². The van der Waals surface area contributed by atoms with Gasteiger partial charge in [0.1, 0.15) is 0 Å². The van der Waals surface area contributed by atoms with Gasteiger partial charge >= 0.3 is 0 Å². The molecule has 2 heterocycles. The minimum absolute atomic E-state index is 0.0860. The third kappa shape index (κ3) is 2.06. The molecule has 2 fully saturated rings. The minimum Gasteiger partial charge on any atom is -0.346 e. The first-order valence-electron chi connectivity index (χ1n) is 5.86. The number of nitrogens with zero attached hydrogens (tertiary/aromatic N) is 2. The molecule has 3 rings (SSSR count). The highest BCUT2D eigenvalue weighted by molar-refractivity contribution is 6.29. The van der Waals surface area contributed by atoms with Crippen LogP contribution in [0, 0.1) is 11.7 Å². The monoisotopic (exact) mass is 270 g/mol. The largest absolute Gasteiger partial charge is 0.346 e. The van der Waals surface area contributed by atoms with Gasteiger partial charge in [-0.15, -0.1) is 0 Å². The molecule has 1 amide bonds. The molecule has 2 N–H and O–H groups in total. The van der Waals surface area contributed by atoms with Crippen LogP contribution < -0.4 is 10.6 Å². The lowest BCUT2D eigenvalue weighted by atomic mass is 10.0. The van der Waals surface area contributed by atoms with Gasteiger partial charge in [0.2, 0.25) is 5.82 Å². The lowest BCUT2D eigenvalue weighted by Crippen LogP contribution is -2.44. The molecule has 3 atom stereocenters. The van der Waals surface area contributed by atoms with E-state index in [1.54, 1.807) is 0 Å². The van der Waals surface area contributed by atoms with Crippen LogP contribution >= 0.6 is 11.6 Å². The van der Waals surface area contributed by atoms with Crippen LogP contribution in [0.5, 0.6) is 0 Å². The first-order chi connectivity index (χ1) is 8.63. The van der Waals surface area contributed by atoms with Crippen molar-refractivity contribution in [1.29, 1.82) is 0 Å². The van der Waals surface area contributed by atoms with Crippen LogP contribution in [-0.4, -0.2) is 34.5 Å². The second-order valence-corrected chi connectivity index (χ2v) is 5.11. The lowest BCUT2D eigenvalue weighted by Gasteiger charge is -2.23. The summed E-state index contributed by atoms with van der Waals surface area (Å²) in [4.78, 5) is 19.2. The smallest absolute Gasteiger partial charge is 0.289 e. The van der Waals surface area contributed by atoms with Crippen molar-refractivity contribution in [3.63, 3.8) is 0 Å². The number of aromatic nitrogens is 2. The molecule has 1 saturated heterocycles. The maximum absolute atomic E-state index is 12.9. The zero-order valence-electron chi connectivity index (χ0n) is 9.49. The number of carbonyl (C=O) groups excluding carboxylic acids is 1. The average molecular weight is 271 g/mol. The number of halogens is 2. The van der Waals surface area contributed by atoms with E-state index in [9.17, 15) is 9.18 Å². The van der Waals surface area contributed by atoms with E-state index in [1.807, 2.05) is 0 Å². The van der Waals surface area contributed by atoms with E-state index in [2.05, 4.69) is 20.6 Å². The van der Waals surface area contributed by atoms with Gasteiger partial charge < -0.3 is 10.6 Å². The molecule has 1 aromatic heterocycles. The fourth-order valence-electron chi connectivity index (χ4n) is 2.70. The molecule has 7 heteroatoms. The average Bonchev–Trinajstić information content (AvgIpc) is 2.94. The summed E-state index contributed by atoms with van der Waals surface area (Å²) in [7, 11) is 0. The Bertz CT molecular complexity index is 498. The first-order valence-corrected chi connectivity index (χ1v) is 6.23. The van der Waals surface area contributed by atoms with Gasteiger partial charge in [-0.25, -0.2) is 14.4 Å². The third-order valence-corrected chi connectivity index (χ3v) is 3.85. The SMILES string of the molecule is O=C(NC1CC2CC1CN2)c1ncc(F)c(Cl)n1. The number of nitrogens with one attached hydrogen (secondary N) is 2. The minimum atomic E-state index is -0.725. The number of amides is 1. The van der Waals surface area contributed by atoms with Gasteiger partial charge in [0, 0.05) is 18.6 Å². The standard InChI is InChI=1S/C11H12ClFN4O/c12-9-7(13)4-15-10(17-9)11(18)16-8-2-6-1-5(8)3-14-6/h4-6,8,14H,1-3H2,(H,16,18). The van der Waals surface area contributed by atoms with Crippen molar-refractivity contribution in [1.82, 2.24) is 20.6 Å². The summed E-state index contributed by atoms with van der Waals surface area (Å²) in [6, 6.07) is 0.647. The topological polar surface area (TPSA) is 66.9 Å². The van der Waals surface area contributed by atoms with E-state index in [4.69, 9.17) is 11.6 Å². The molecular weight excluding hydrogens is 259 g/mol. The summed E-state index contributed by atoms with van der Waals surface area (Å²) in [6.45, 7) is 0.931. The van der Waals surface area contributed by atoms with E-state index >= 15 is 0 Å². The van der Waals surface area contributed by atoms with Crippen molar-refractivity contribution in [2.24, 2.45) is 5.92 Å². The van der Waals surface area contributed by atoms with Crippen LogP contribution in [0.3, 0.4) is 0 Å². The molecule has 1 aliphatic carbocycles. The molecule has 1 aliphatic heterocycles. The lowest BCUT2D eigenvalue weighted by molar-refractivity contribution is 0.0914. The Balaban J connectivity index is 1.69. The summed E-state index contributed by atoms with van der Waals surface area (Å²) in [5.41, 5.74) is 0. The van der Waals surface area contributed by atoms with Gasteiger partial charge in [0.05, 0.1) is 6.20 Å². The number of carbonyl (C=O) groups is 1. The molecular formula is C11H12ClFN4O. The Hall–Kier alpha value is -1.27. The summed E-state index contributed by atoms with van der Waals surface area (Å²) in [5, 5.41) is 5.92. The van der Waals surface area contributed by atoms with Crippen LogP contribution in [0.25, 0.3) is 0 Å². The maximum Gasteiger partial charge on any atom is 0.289 e. The van der Waals surface area contributed by atoms with E-state index in [0.717, 1.165) is 25.6 Å². The van der Waals surface area contributed by atoms with Crippen molar-refractivity contribution in [3.05, 3.63) is 23.0 Å². The molecule has 0 aromatic carbocycles. The van der Waals surface area contributed by atoms with Crippen molar-refractivity contribution in [2.75, 3.05) is 6.54 Å². The first kappa shape index (κ1) is 11.8. The van der Waals surface area contributed by atoms with Gasteiger partial charge in [0.15, 0.2) is 11.0 Å². The highest BCUT2D eigenvalue weighted by Crippen LogP contribution is 2.31. The molecule has 96 valence electrons. The third-order valence-electron chi connectivity index (χ3n) is 3.58. The number of hydrogen-bond acceptors (Lipinski definition) is 4. The molecule has 0 spiro atoms. The molecule has 2 aliphatic rings. The summed E-state index contributed by atoms with van der Waals surface area (Å²) < 4.78 is 12.9. The predicted octanol–water partition coefficient (Wildman–Crippen LogP) is 0.749. The Morgan fingerprint density at radius 2 is 2.39 bits per heavy atom. The van der Waals surface area contributed by atoms with Crippen molar-refractivity contribution < 1.29 is 9.18 Å². The quantitative estimate of drug-likeness (QED) is 0.779. The van der Waals surface area contributed by atoms with E-state index in [1.165, 1.54) is 0 Å². The zero-order chi connectivity index (χ0) is 12.7. The normalized spacial score (nSPS) is 29.6. The van der Waals surface area contributed by atoms with Gasteiger partial charge in [-0.05, 0) is 18.8 Å². The van der Waals surface area contributed by atoms with Gasteiger partial charge in [-0.1, -0.05) is 11.6 Å². The fraction of sp³-hybridized carbons (Fsp3) is 0.545. The van der Waals surface area contributed by atoms with Gasteiger partial charge in [-0.2, -0.15) is 0 Å². The molecule has 2 bridgehead atoms. The highest BCUT2D eigenvalue weighted by atomic mass is 35.5. The van der Waals surface area contributed by atoms with E-state index in [-0.39, 0.29) is 17.0 Å². The van der Waals surface area contributed by atoms with Crippen LogP contribution in [0.15, 0.2) is 6.20 Å². The molecule has 1 saturated carbocycles. The summed E-state index contributed by atoms with van der Waals surface area (Å²) in [6.07, 6.45) is 2.92. The zero-order valence-corrected chi connectivity index (χ0v) is 10.2. The fourth-order valence-corrected chi connectivity index (χ4v) is 2.83. The second-order valence-electron chi connectivity index (χ2n) is 4.75. The molecule has 18 heavy (non-hydrogen) atoms. The number of fused-ring (bicyclic) bond motifs is 2. The Morgan fingerprint density at radius 1 is 1.56 bits per heavy atom. The van der Waals surface area contributed by atoms with Gasteiger partial charge in [-0.3, -0.25) is 4.79 Å². The summed E-state index contributed by atoms with van der Waals surface area (Å²) >= 11 is 5.52. The maximum atomic E-state index is 12.9. The number of rotatable bonds is 2. The molecule has 0 radical (unpaired) electrons. The number of hydrogen-bond donors (Lipinski definition) is 2. The summed E-state index contributed by atoms with van der Waals surface area (Å²) in [5.74, 6) is -0.737.